The molecule has 166 valence electrons. The first-order chi connectivity index (χ1) is 13.9. The van der Waals surface area contributed by atoms with Gasteiger partial charge in [-0.25, -0.2) is 0 Å². The number of fused-ring (bicyclic) bond motifs is 5. The molecule has 0 aliphatic heterocycles. The number of rotatable bonds is 3. The van der Waals surface area contributed by atoms with E-state index in [1.165, 1.54) is 18.4 Å². The maximum absolute atomic E-state index is 13.4. The first kappa shape index (κ1) is 22.1. The molecule has 0 bridgehead atoms. The van der Waals surface area contributed by atoms with E-state index in [0.717, 1.165) is 24.2 Å². The highest BCUT2D eigenvalue weighted by atomic mass is 28.4. The lowest BCUT2D eigenvalue weighted by atomic mass is 9.52. The number of carbonyl (C=O) groups is 1. The second-order valence-electron chi connectivity index (χ2n) is 11.9. The van der Waals surface area contributed by atoms with E-state index < -0.39 is 8.32 Å². The standard InChI is InChI=1S/C26H40O3Si/c1-16-23-19(18-10-9-17(28-6)15-20(18)24(16)27)13-14-26(5)21(23)11-12-22(26)29-30(7,8)25(2,3)4/h9-10,15-16,19,21-23H,11-14H2,1-8H3/t16-,19+,21+,22-,23+,26-/m0/s1. The second kappa shape index (κ2) is 7.20. The summed E-state index contributed by atoms with van der Waals surface area (Å²) in [6.07, 6.45) is 5.04. The summed E-state index contributed by atoms with van der Waals surface area (Å²) in [4.78, 5) is 13.4. The molecule has 0 N–H and O–H groups in total. The van der Waals surface area contributed by atoms with Crippen molar-refractivity contribution in [3.05, 3.63) is 29.3 Å². The monoisotopic (exact) mass is 428 g/mol. The number of carbonyl (C=O) groups excluding carboxylic acids is 1. The lowest BCUT2D eigenvalue weighted by Gasteiger charge is -2.53. The number of ketones is 1. The van der Waals surface area contributed by atoms with E-state index in [1.807, 2.05) is 12.1 Å². The Balaban J connectivity index is 1.66. The van der Waals surface area contributed by atoms with E-state index in [0.29, 0.717) is 29.6 Å². The summed E-state index contributed by atoms with van der Waals surface area (Å²) in [6.45, 7) is 16.4. The molecule has 3 aliphatic carbocycles. The minimum absolute atomic E-state index is 0.0749. The van der Waals surface area contributed by atoms with E-state index in [2.05, 4.69) is 53.8 Å². The lowest BCUT2D eigenvalue weighted by molar-refractivity contribution is -0.0264. The van der Waals surface area contributed by atoms with Gasteiger partial charge in [0.1, 0.15) is 5.75 Å². The number of Topliss-reactive ketones (excluding diaryl/α,β-unsaturated/α-hetero) is 1. The minimum atomic E-state index is -1.82. The molecule has 0 radical (unpaired) electrons. The van der Waals surface area contributed by atoms with Crippen molar-refractivity contribution in [1.29, 1.82) is 0 Å². The first-order valence-corrected chi connectivity index (χ1v) is 14.7. The third-order valence-corrected chi connectivity index (χ3v) is 13.9. The van der Waals surface area contributed by atoms with Crippen LogP contribution in [0.4, 0.5) is 0 Å². The predicted molar refractivity (Wildman–Crippen MR) is 125 cm³/mol. The second-order valence-corrected chi connectivity index (χ2v) is 16.6. The third-order valence-electron chi connectivity index (χ3n) is 9.41. The average molecular weight is 429 g/mol. The van der Waals surface area contributed by atoms with Crippen LogP contribution >= 0.6 is 0 Å². The van der Waals surface area contributed by atoms with Gasteiger partial charge < -0.3 is 9.16 Å². The van der Waals surface area contributed by atoms with E-state index in [4.69, 9.17) is 9.16 Å². The van der Waals surface area contributed by atoms with Gasteiger partial charge in [-0.2, -0.15) is 0 Å². The Bertz CT molecular complexity index is 839. The maximum atomic E-state index is 13.4. The summed E-state index contributed by atoms with van der Waals surface area (Å²) in [5, 5.41) is 0.227. The van der Waals surface area contributed by atoms with E-state index in [1.54, 1.807) is 7.11 Å². The van der Waals surface area contributed by atoms with Crippen molar-refractivity contribution in [1.82, 2.24) is 0 Å². The normalized spacial score (nSPS) is 36.1. The van der Waals surface area contributed by atoms with Crippen LogP contribution in [0, 0.1) is 23.2 Å². The molecule has 0 saturated heterocycles. The van der Waals surface area contributed by atoms with Crippen molar-refractivity contribution in [2.75, 3.05) is 7.11 Å². The number of hydrogen-bond acceptors (Lipinski definition) is 3. The summed E-state index contributed by atoms with van der Waals surface area (Å²) in [5.41, 5.74) is 2.35. The fourth-order valence-corrected chi connectivity index (χ4v) is 8.00. The molecule has 0 unspecified atom stereocenters. The summed E-state index contributed by atoms with van der Waals surface area (Å²) < 4.78 is 12.4. The van der Waals surface area contributed by atoms with E-state index >= 15 is 0 Å². The van der Waals surface area contributed by atoms with E-state index in [9.17, 15) is 4.79 Å². The molecule has 1 aromatic carbocycles. The first-order valence-electron chi connectivity index (χ1n) is 11.8. The van der Waals surface area contributed by atoms with Crippen LogP contribution in [0.1, 0.15) is 82.1 Å². The topological polar surface area (TPSA) is 35.5 Å². The molecule has 30 heavy (non-hydrogen) atoms. The molecule has 2 fully saturated rings. The van der Waals surface area contributed by atoms with Crippen molar-refractivity contribution < 1.29 is 14.0 Å². The summed E-state index contributed by atoms with van der Waals surface area (Å²) in [6, 6.07) is 6.16. The molecule has 1 aromatic rings. The van der Waals surface area contributed by atoms with Crippen LogP contribution in [-0.2, 0) is 4.43 Å². The zero-order valence-electron chi connectivity index (χ0n) is 20.2. The molecule has 4 rings (SSSR count). The molecule has 6 atom stereocenters. The molecule has 2 saturated carbocycles. The Morgan fingerprint density at radius 1 is 1.13 bits per heavy atom. The number of hydrogen-bond donors (Lipinski definition) is 0. The zero-order chi connectivity index (χ0) is 22.1. The molecule has 0 amide bonds. The minimum Gasteiger partial charge on any atom is -0.497 e. The Morgan fingerprint density at radius 3 is 2.47 bits per heavy atom. The number of methoxy groups -OCH3 is 1. The van der Waals surface area contributed by atoms with Crippen LogP contribution in [0.3, 0.4) is 0 Å². The van der Waals surface area contributed by atoms with Gasteiger partial charge in [0.15, 0.2) is 14.1 Å². The Labute approximate surface area is 184 Å². The van der Waals surface area contributed by atoms with Crippen LogP contribution in [-0.4, -0.2) is 27.3 Å². The quantitative estimate of drug-likeness (QED) is 0.495. The van der Waals surface area contributed by atoms with Gasteiger partial charge in [-0.05, 0) is 84.7 Å². The molecule has 3 nitrogen and oxygen atoms in total. The van der Waals surface area contributed by atoms with Crippen LogP contribution in [0.5, 0.6) is 5.75 Å². The van der Waals surface area contributed by atoms with Crippen molar-refractivity contribution in [3.8, 4) is 5.75 Å². The zero-order valence-corrected chi connectivity index (χ0v) is 21.2. The van der Waals surface area contributed by atoms with Crippen LogP contribution in [0.15, 0.2) is 18.2 Å². The van der Waals surface area contributed by atoms with Gasteiger partial charge in [-0.3, -0.25) is 4.79 Å². The van der Waals surface area contributed by atoms with Crippen LogP contribution < -0.4 is 4.74 Å². The molecule has 0 aromatic heterocycles. The molecule has 3 aliphatic rings. The summed E-state index contributed by atoms with van der Waals surface area (Å²) in [7, 11) is -0.141. The SMILES string of the molecule is COc1ccc2c(c1)C(=O)[C@@H](C)[C@@H]1[C@@H]2CC[C@]2(C)[C@@H](O[Si](C)(C)C(C)(C)C)CC[C@H]12. The maximum Gasteiger partial charge on any atom is 0.192 e. The lowest BCUT2D eigenvalue weighted by Crippen LogP contribution is -2.52. The van der Waals surface area contributed by atoms with Gasteiger partial charge in [-0.15, -0.1) is 0 Å². The molecular weight excluding hydrogens is 388 g/mol. The van der Waals surface area contributed by atoms with Crippen molar-refractivity contribution in [2.24, 2.45) is 23.2 Å². The molecule has 4 heteroatoms. The number of ether oxygens (including phenoxy) is 1. The molecule has 0 spiro atoms. The van der Waals surface area contributed by atoms with Gasteiger partial charge >= 0.3 is 0 Å². The van der Waals surface area contributed by atoms with Gasteiger partial charge in [0.05, 0.1) is 13.2 Å². The highest BCUT2D eigenvalue weighted by molar-refractivity contribution is 6.74. The fourth-order valence-electron chi connectivity index (χ4n) is 6.55. The summed E-state index contributed by atoms with van der Waals surface area (Å²) in [5.74, 6) is 2.67. The Hall–Kier alpha value is -1.13. The smallest absolute Gasteiger partial charge is 0.192 e. The van der Waals surface area contributed by atoms with Crippen LogP contribution in [0.25, 0.3) is 0 Å². The fraction of sp³-hybridized carbons (Fsp3) is 0.731. The summed E-state index contributed by atoms with van der Waals surface area (Å²) >= 11 is 0. The number of benzene rings is 1. The van der Waals surface area contributed by atoms with Gasteiger partial charge in [0.2, 0.25) is 0 Å². The van der Waals surface area contributed by atoms with Crippen molar-refractivity contribution >= 4 is 14.1 Å². The average Bonchev–Trinajstić information content (AvgIpc) is 3.00. The van der Waals surface area contributed by atoms with Crippen molar-refractivity contribution in [2.45, 2.75) is 90.5 Å². The Morgan fingerprint density at radius 2 is 1.83 bits per heavy atom. The predicted octanol–water partition coefficient (Wildman–Crippen LogP) is 6.83. The highest BCUT2D eigenvalue weighted by Crippen LogP contribution is 2.63. The Kier molecular flexibility index (Phi) is 5.30. The van der Waals surface area contributed by atoms with Gasteiger partial charge in [0, 0.05) is 11.5 Å². The highest BCUT2D eigenvalue weighted by Gasteiger charge is 2.59. The third kappa shape index (κ3) is 3.21. The van der Waals surface area contributed by atoms with Crippen LogP contribution in [0.2, 0.25) is 18.1 Å². The van der Waals surface area contributed by atoms with E-state index in [-0.39, 0.29) is 16.4 Å². The van der Waals surface area contributed by atoms with Gasteiger partial charge in [-0.1, -0.05) is 40.7 Å². The molecule has 0 heterocycles. The molecular formula is C26H40O3Si. The van der Waals surface area contributed by atoms with Gasteiger partial charge in [0.25, 0.3) is 0 Å². The van der Waals surface area contributed by atoms with Crippen molar-refractivity contribution in [3.63, 3.8) is 0 Å². The largest absolute Gasteiger partial charge is 0.497 e.